The maximum Gasteiger partial charge on any atom is 0.257 e. The fourth-order valence-corrected chi connectivity index (χ4v) is 2.19. The number of carbonyl (C=O) groups is 1. The number of phenolic OH excluding ortho intramolecular Hbond substituents is 1. The molecule has 0 aliphatic heterocycles. The summed E-state index contributed by atoms with van der Waals surface area (Å²) in [4.78, 5) is 36.9. The van der Waals surface area contributed by atoms with E-state index in [2.05, 4.69) is 10.6 Å². The van der Waals surface area contributed by atoms with Gasteiger partial charge in [-0.25, -0.2) is 0 Å². The molecule has 3 N–H and O–H groups in total. The lowest BCUT2D eigenvalue weighted by Crippen LogP contribution is -2.38. The van der Waals surface area contributed by atoms with Crippen molar-refractivity contribution in [3.63, 3.8) is 0 Å². The first-order valence-electron chi connectivity index (χ1n) is 7.68. The summed E-state index contributed by atoms with van der Waals surface area (Å²) < 4.78 is 0. The van der Waals surface area contributed by atoms with Crippen LogP contribution in [0.5, 0.6) is 5.75 Å². The number of rotatable bonds is 6. The normalized spacial score (nSPS) is 12.0. The molecule has 1 amide bonds. The smallest absolute Gasteiger partial charge is 0.257 e. The number of amides is 1. The highest BCUT2D eigenvalue weighted by atomic mass is 16.3. The fourth-order valence-electron chi connectivity index (χ4n) is 2.19. The molecular weight excluding hydrogens is 310 g/mol. The van der Waals surface area contributed by atoms with Gasteiger partial charge in [-0.05, 0) is 25.5 Å². The van der Waals surface area contributed by atoms with E-state index in [0.29, 0.717) is 0 Å². The molecule has 7 nitrogen and oxygen atoms in total. The number of nitrogens with zero attached hydrogens (tertiary/aromatic N) is 1. The summed E-state index contributed by atoms with van der Waals surface area (Å²) in [6, 6.07) is 4.64. The molecule has 0 aromatic heterocycles. The van der Waals surface area contributed by atoms with Crippen LogP contribution in [0.2, 0.25) is 0 Å². The van der Waals surface area contributed by atoms with Crippen LogP contribution in [0.4, 0.5) is 17.1 Å². The second-order valence-electron chi connectivity index (χ2n) is 5.89. The van der Waals surface area contributed by atoms with Crippen LogP contribution in [0.1, 0.15) is 30.6 Å². The van der Waals surface area contributed by atoms with Gasteiger partial charge in [0.25, 0.3) is 16.8 Å². The van der Waals surface area contributed by atoms with Gasteiger partial charge in [-0.1, -0.05) is 13.0 Å². The van der Waals surface area contributed by atoms with Gasteiger partial charge in [0.2, 0.25) is 0 Å². The number of phenols is 1. The Labute approximate surface area is 139 Å². The van der Waals surface area contributed by atoms with Crippen molar-refractivity contribution >= 4 is 23.0 Å². The largest absolute Gasteiger partial charge is 0.505 e. The topological polar surface area (TPSA) is 98.7 Å². The first kappa shape index (κ1) is 17.5. The minimum absolute atomic E-state index is 0.0316. The number of para-hydroxylation sites is 1. The molecule has 0 radical (unpaired) electrons. The van der Waals surface area contributed by atoms with Crippen LogP contribution in [0.25, 0.3) is 0 Å². The van der Waals surface area contributed by atoms with Crippen molar-refractivity contribution in [2.45, 2.75) is 26.3 Å². The Morgan fingerprint density at radius 1 is 1.21 bits per heavy atom. The van der Waals surface area contributed by atoms with Gasteiger partial charge in [-0.15, -0.1) is 0 Å². The maximum atomic E-state index is 12.0. The van der Waals surface area contributed by atoms with E-state index < -0.39 is 10.9 Å². The van der Waals surface area contributed by atoms with Gasteiger partial charge in [0.05, 0.1) is 11.3 Å². The molecule has 0 spiro atoms. The standard InChI is InChI=1S/C17H21N3O4/c1-5-9(2)18-12-13(16(23)15(12)22)19-11-8-6-7-10(14(11)21)17(24)20(3)4/h6-9,18-19,21H,5H2,1-4H3/t9-/m1/s1. The predicted molar refractivity (Wildman–Crippen MR) is 94.1 cm³/mol. The number of hydrogen-bond acceptors (Lipinski definition) is 6. The summed E-state index contributed by atoms with van der Waals surface area (Å²) in [5.41, 5.74) is -0.618. The van der Waals surface area contributed by atoms with E-state index >= 15 is 0 Å². The molecule has 0 saturated heterocycles. The summed E-state index contributed by atoms with van der Waals surface area (Å²) >= 11 is 0. The minimum atomic E-state index is -0.649. The van der Waals surface area contributed by atoms with Crippen molar-refractivity contribution in [2.75, 3.05) is 24.7 Å². The van der Waals surface area contributed by atoms with E-state index in [0.717, 1.165) is 6.42 Å². The molecule has 2 aromatic carbocycles. The first-order chi connectivity index (χ1) is 11.3. The van der Waals surface area contributed by atoms with Crippen LogP contribution in [-0.4, -0.2) is 36.1 Å². The molecule has 0 bridgehead atoms. The van der Waals surface area contributed by atoms with Crippen molar-refractivity contribution in [1.82, 2.24) is 4.90 Å². The van der Waals surface area contributed by atoms with Crippen molar-refractivity contribution in [3.8, 4) is 5.75 Å². The average molecular weight is 331 g/mol. The van der Waals surface area contributed by atoms with Crippen molar-refractivity contribution in [1.29, 1.82) is 0 Å². The van der Waals surface area contributed by atoms with Gasteiger partial charge in [-0.3, -0.25) is 14.4 Å². The van der Waals surface area contributed by atoms with E-state index in [-0.39, 0.29) is 40.3 Å². The Morgan fingerprint density at radius 3 is 2.42 bits per heavy atom. The summed E-state index contributed by atoms with van der Waals surface area (Å²) in [7, 11) is 3.15. The molecule has 24 heavy (non-hydrogen) atoms. The monoisotopic (exact) mass is 331 g/mol. The van der Waals surface area contributed by atoms with Gasteiger partial charge in [0.15, 0.2) is 5.75 Å². The predicted octanol–water partition coefficient (Wildman–Crippen LogP) is 1.64. The number of carbonyl (C=O) groups excluding carboxylic acids is 1. The maximum absolute atomic E-state index is 12.0. The summed E-state index contributed by atoms with van der Waals surface area (Å²) in [6.45, 7) is 3.85. The SMILES string of the molecule is CC[C@@H](C)Nc1c(Nc2cccc(C(=O)N(C)C)c2O)c(=O)c1=O. The van der Waals surface area contributed by atoms with Crippen LogP contribution in [0.3, 0.4) is 0 Å². The molecule has 0 fully saturated rings. The summed E-state index contributed by atoms with van der Waals surface area (Å²) in [5, 5.41) is 16.0. The molecule has 0 heterocycles. The zero-order valence-electron chi connectivity index (χ0n) is 14.1. The van der Waals surface area contributed by atoms with E-state index in [1.54, 1.807) is 20.2 Å². The highest BCUT2D eigenvalue weighted by Gasteiger charge is 2.24. The van der Waals surface area contributed by atoms with E-state index in [1.165, 1.54) is 17.0 Å². The zero-order valence-corrected chi connectivity index (χ0v) is 14.1. The third-order valence-electron chi connectivity index (χ3n) is 3.85. The van der Waals surface area contributed by atoms with Crippen LogP contribution < -0.4 is 21.5 Å². The zero-order chi connectivity index (χ0) is 18.0. The molecule has 128 valence electrons. The Kier molecular flexibility index (Phi) is 4.92. The van der Waals surface area contributed by atoms with E-state index in [4.69, 9.17) is 0 Å². The molecule has 2 rings (SSSR count). The van der Waals surface area contributed by atoms with Crippen LogP contribution >= 0.6 is 0 Å². The molecule has 0 unspecified atom stereocenters. The summed E-state index contributed by atoms with van der Waals surface area (Å²) in [5.74, 6) is -0.627. The average Bonchev–Trinajstić information content (AvgIpc) is 2.57. The first-order valence-corrected chi connectivity index (χ1v) is 7.68. The Balaban J connectivity index is 2.35. The number of benzene rings is 1. The van der Waals surface area contributed by atoms with Gasteiger partial charge in [0, 0.05) is 20.1 Å². The lowest BCUT2D eigenvalue weighted by atomic mass is 10.1. The third kappa shape index (κ3) is 3.10. The lowest BCUT2D eigenvalue weighted by Gasteiger charge is -2.19. The van der Waals surface area contributed by atoms with Crippen molar-refractivity contribution in [2.24, 2.45) is 0 Å². The quantitative estimate of drug-likeness (QED) is 0.550. The van der Waals surface area contributed by atoms with Gasteiger partial charge < -0.3 is 20.6 Å². The lowest BCUT2D eigenvalue weighted by molar-refractivity contribution is 0.0825. The minimum Gasteiger partial charge on any atom is -0.505 e. The number of hydrogen-bond donors (Lipinski definition) is 3. The van der Waals surface area contributed by atoms with Gasteiger partial charge in [0.1, 0.15) is 11.4 Å². The second kappa shape index (κ2) is 6.74. The second-order valence-corrected chi connectivity index (χ2v) is 5.89. The Bertz CT molecular complexity index is 835. The molecular formula is C17H21N3O4. The molecule has 0 aliphatic rings. The molecule has 7 heteroatoms. The van der Waals surface area contributed by atoms with Crippen molar-refractivity contribution < 1.29 is 9.90 Å². The van der Waals surface area contributed by atoms with E-state index in [1.807, 2.05) is 13.8 Å². The fraction of sp³-hybridized carbons (Fsp3) is 0.353. The molecule has 2 aromatic rings. The third-order valence-corrected chi connectivity index (χ3v) is 3.85. The Morgan fingerprint density at radius 2 is 1.83 bits per heavy atom. The summed E-state index contributed by atoms with van der Waals surface area (Å²) in [6.07, 6.45) is 0.788. The van der Waals surface area contributed by atoms with Gasteiger partial charge in [-0.2, -0.15) is 0 Å². The molecule has 1 atom stereocenters. The highest BCUT2D eigenvalue weighted by Crippen LogP contribution is 2.32. The number of nitrogens with one attached hydrogen (secondary N) is 2. The number of anilines is 3. The van der Waals surface area contributed by atoms with Crippen molar-refractivity contribution in [3.05, 3.63) is 44.2 Å². The van der Waals surface area contributed by atoms with Crippen LogP contribution in [0.15, 0.2) is 27.8 Å². The molecule has 0 aliphatic carbocycles. The molecule has 0 saturated carbocycles. The highest BCUT2D eigenvalue weighted by molar-refractivity contribution is 5.99. The van der Waals surface area contributed by atoms with Crippen LogP contribution in [-0.2, 0) is 0 Å². The van der Waals surface area contributed by atoms with E-state index in [9.17, 15) is 19.5 Å². The Hall–Kier alpha value is -2.83. The number of aromatic hydroxyl groups is 1. The van der Waals surface area contributed by atoms with Crippen LogP contribution in [0, 0.1) is 0 Å². The van der Waals surface area contributed by atoms with Gasteiger partial charge >= 0.3 is 0 Å².